The van der Waals surface area contributed by atoms with Gasteiger partial charge in [0.1, 0.15) is 22.5 Å². The monoisotopic (exact) mass is 268 g/mol. The van der Waals surface area contributed by atoms with Crippen LogP contribution in [0.25, 0.3) is 0 Å². The van der Waals surface area contributed by atoms with Crippen molar-refractivity contribution in [2.24, 2.45) is 5.84 Å². The first-order chi connectivity index (χ1) is 8.21. The number of aryl methyl sites for hydroxylation is 2. The molecular weight excluding hydrogens is 256 g/mol. The van der Waals surface area contributed by atoms with Crippen LogP contribution in [0.3, 0.4) is 0 Å². The molecule has 0 fully saturated rings. The third-order valence-electron chi connectivity index (χ3n) is 1.91. The Labute approximate surface area is 107 Å². The first-order valence-electron chi connectivity index (χ1n) is 5.04. The zero-order valence-corrected chi connectivity index (χ0v) is 11.1. The van der Waals surface area contributed by atoms with E-state index in [1.54, 1.807) is 6.07 Å². The average Bonchev–Trinajstić information content (AvgIpc) is 2.74. The summed E-state index contributed by atoms with van der Waals surface area (Å²) in [5.74, 6) is 7.51. The second-order valence-electron chi connectivity index (χ2n) is 3.22. The van der Waals surface area contributed by atoms with Gasteiger partial charge in [-0.25, -0.2) is 20.8 Å². The van der Waals surface area contributed by atoms with Crippen molar-refractivity contribution in [3.05, 3.63) is 17.7 Å². The normalized spacial score (nSPS) is 10.5. The minimum absolute atomic E-state index is 0.612. The van der Waals surface area contributed by atoms with E-state index >= 15 is 0 Å². The number of nitrogens with one attached hydrogen (secondary N) is 1. The summed E-state index contributed by atoms with van der Waals surface area (Å²) in [4.78, 5) is 12.9. The molecule has 2 heterocycles. The second kappa shape index (κ2) is 5.39. The highest BCUT2D eigenvalue weighted by atomic mass is 32.2. The minimum atomic E-state index is 0.612. The molecule has 3 N–H and O–H groups in total. The Morgan fingerprint density at radius 3 is 2.82 bits per heavy atom. The smallest absolute Gasteiger partial charge is 0.176 e. The van der Waals surface area contributed by atoms with E-state index in [0.717, 1.165) is 27.4 Å². The van der Waals surface area contributed by atoms with Crippen molar-refractivity contribution < 1.29 is 0 Å². The fourth-order valence-electron chi connectivity index (χ4n) is 1.17. The van der Waals surface area contributed by atoms with Gasteiger partial charge >= 0.3 is 0 Å². The second-order valence-corrected chi connectivity index (χ2v) is 5.23. The van der Waals surface area contributed by atoms with E-state index in [9.17, 15) is 0 Å². The Hall–Kier alpha value is -1.25. The molecule has 0 unspecified atom stereocenters. The van der Waals surface area contributed by atoms with Gasteiger partial charge in [-0.05, 0) is 30.2 Å². The highest BCUT2D eigenvalue weighted by Crippen LogP contribution is 2.28. The van der Waals surface area contributed by atoms with Crippen LogP contribution in [-0.4, -0.2) is 19.3 Å². The number of hydrogen-bond donors (Lipinski definition) is 2. The fraction of sp³-hybridized carbons (Fsp3) is 0.333. The fourth-order valence-corrected chi connectivity index (χ4v) is 2.79. The number of rotatable bonds is 4. The van der Waals surface area contributed by atoms with E-state index in [1.165, 1.54) is 23.3 Å². The molecule has 0 aliphatic carbocycles. The average molecular weight is 268 g/mol. The Kier molecular flexibility index (Phi) is 3.87. The van der Waals surface area contributed by atoms with E-state index in [2.05, 4.69) is 24.8 Å². The van der Waals surface area contributed by atoms with Crippen LogP contribution in [0.1, 0.15) is 18.6 Å². The maximum absolute atomic E-state index is 5.36. The van der Waals surface area contributed by atoms with E-state index in [0.29, 0.717) is 5.82 Å². The molecule has 0 radical (unpaired) electrons. The van der Waals surface area contributed by atoms with Gasteiger partial charge in [0.25, 0.3) is 0 Å². The first kappa shape index (κ1) is 12.2. The summed E-state index contributed by atoms with van der Waals surface area (Å²) in [7, 11) is 0. The van der Waals surface area contributed by atoms with Crippen LogP contribution in [0.2, 0.25) is 0 Å². The number of hydrazine groups is 1. The number of nitrogens with zero attached hydrogens (tertiary/aromatic N) is 4. The van der Waals surface area contributed by atoms with Crippen molar-refractivity contribution in [2.45, 2.75) is 29.6 Å². The van der Waals surface area contributed by atoms with Crippen molar-refractivity contribution in [1.29, 1.82) is 0 Å². The van der Waals surface area contributed by atoms with Crippen LogP contribution in [0.15, 0.2) is 15.4 Å². The van der Waals surface area contributed by atoms with Crippen molar-refractivity contribution in [3.8, 4) is 0 Å². The van der Waals surface area contributed by atoms with E-state index < -0.39 is 0 Å². The van der Waals surface area contributed by atoms with Crippen LogP contribution in [0.5, 0.6) is 0 Å². The van der Waals surface area contributed by atoms with E-state index in [4.69, 9.17) is 5.84 Å². The molecule has 0 bridgehead atoms. The summed E-state index contributed by atoms with van der Waals surface area (Å²) < 4.78 is 4.99. The molecule has 0 spiro atoms. The van der Waals surface area contributed by atoms with Gasteiger partial charge in [-0.15, -0.1) is 0 Å². The molecule has 2 aromatic heterocycles. The van der Waals surface area contributed by atoms with Crippen LogP contribution in [0.4, 0.5) is 5.82 Å². The van der Waals surface area contributed by atoms with Gasteiger partial charge in [-0.3, -0.25) is 0 Å². The highest BCUT2D eigenvalue weighted by molar-refractivity contribution is 8.00. The molecule has 0 saturated heterocycles. The van der Waals surface area contributed by atoms with Gasteiger partial charge < -0.3 is 5.43 Å². The van der Waals surface area contributed by atoms with Gasteiger partial charge in [-0.1, -0.05) is 6.92 Å². The molecule has 0 saturated carbocycles. The van der Waals surface area contributed by atoms with Crippen molar-refractivity contribution in [2.75, 3.05) is 5.43 Å². The summed E-state index contributed by atoms with van der Waals surface area (Å²) >= 11 is 2.83. The van der Waals surface area contributed by atoms with Crippen molar-refractivity contribution in [1.82, 2.24) is 19.3 Å². The Balaban J connectivity index is 2.25. The SMILES string of the molecule is CCc1nc(NN)cc(Sc2nc(C)ns2)n1. The van der Waals surface area contributed by atoms with Gasteiger partial charge in [0, 0.05) is 12.5 Å². The topological polar surface area (TPSA) is 89.6 Å². The third kappa shape index (κ3) is 3.11. The van der Waals surface area contributed by atoms with Crippen molar-refractivity contribution in [3.63, 3.8) is 0 Å². The zero-order chi connectivity index (χ0) is 12.3. The number of aromatic nitrogens is 4. The summed E-state index contributed by atoms with van der Waals surface area (Å²) in [5.41, 5.74) is 2.54. The number of nitrogens with two attached hydrogens (primary N) is 1. The lowest BCUT2D eigenvalue weighted by molar-refractivity contribution is 0.888. The number of hydrogen-bond acceptors (Lipinski definition) is 8. The minimum Gasteiger partial charge on any atom is -0.308 e. The molecule has 0 amide bonds. The maximum atomic E-state index is 5.36. The predicted octanol–water partition coefficient (Wildman–Crippen LogP) is 1.64. The van der Waals surface area contributed by atoms with Crippen LogP contribution in [0, 0.1) is 6.92 Å². The highest BCUT2D eigenvalue weighted by Gasteiger charge is 2.07. The Morgan fingerprint density at radius 2 is 2.24 bits per heavy atom. The summed E-state index contributed by atoms with van der Waals surface area (Å²) in [5, 5.41) is 0.820. The van der Waals surface area contributed by atoms with Crippen molar-refractivity contribution >= 4 is 29.1 Å². The van der Waals surface area contributed by atoms with E-state index in [1.807, 2.05) is 13.8 Å². The molecule has 0 atom stereocenters. The first-order valence-corrected chi connectivity index (χ1v) is 6.63. The Bertz CT molecular complexity index is 490. The molecule has 0 aliphatic heterocycles. The molecule has 0 aromatic carbocycles. The molecule has 6 nitrogen and oxygen atoms in total. The molecule has 0 aliphatic rings. The lowest BCUT2D eigenvalue weighted by Crippen LogP contribution is -2.10. The summed E-state index contributed by atoms with van der Waals surface area (Å²) in [6.45, 7) is 3.87. The maximum Gasteiger partial charge on any atom is 0.176 e. The molecule has 90 valence electrons. The van der Waals surface area contributed by atoms with Gasteiger partial charge in [0.05, 0.1) is 0 Å². The van der Waals surface area contributed by atoms with Gasteiger partial charge in [0.2, 0.25) is 0 Å². The Morgan fingerprint density at radius 1 is 1.41 bits per heavy atom. The lowest BCUT2D eigenvalue weighted by Gasteiger charge is -2.04. The zero-order valence-electron chi connectivity index (χ0n) is 9.47. The van der Waals surface area contributed by atoms with Gasteiger partial charge in [-0.2, -0.15) is 4.37 Å². The standard InChI is InChI=1S/C9H12N6S2/c1-3-6-12-7(14-10)4-8(13-6)16-9-11-5(2)15-17-9/h4H,3,10H2,1-2H3,(H,12,13,14). The summed E-state index contributed by atoms with van der Waals surface area (Å²) in [6, 6.07) is 1.79. The van der Waals surface area contributed by atoms with E-state index in [-0.39, 0.29) is 0 Å². The number of nitrogen functional groups attached to an aromatic ring is 1. The van der Waals surface area contributed by atoms with Gasteiger partial charge in [0.15, 0.2) is 4.34 Å². The molecule has 17 heavy (non-hydrogen) atoms. The molecule has 2 aromatic rings. The third-order valence-corrected chi connectivity index (χ3v) is 3.67. The summed E-state index contributed by atoms with van der Waals surface area (Å²) in [6.07, 6.45) is 0.762. The molecular formula is C9H12N6S2. The van der Waals surface area contributed by atoms with Crippen LogP contribution in [-0.2, 0) is 6.42 Å². The predicted molar refractivity (Wildman–Crippen MR) is 68.0 cm³/mol. The quantitative estimate of drug-likeness (QED) is 0.495. The lowest BCUT2D eigenvalue weighted by atomic mass is 10.4. The number of anilines is 1. The van der Waals surface area contributed by atoms with Crippen LogP contribution >= 0.6 is 23.3 Å². The largest absolute Gasteiger partial charge is 0.308 e. The molecule has 2 rings (SSSR count). The molecule has 8 heteroatoms. The van der Waals surface area contributed by atoms with Crippen LogP contribution < -0.4 is 11.3 Å².